The van der Waals surface area contributed by atoms with E-state index < -0.39 is 0 Å². The predicted molar refractivity (Wildman–Crippen MR) is 60.7 cm³/mol. The Kier molecular flexibility index (Phi) is 1.92. The van der Waals surface area contributed by atoms with Crippen LogP contribution in [0.15, 0.2) is 12.4 Å². The largest absolute Gasteiger partial charge is 0.265 e. The van der Waals surface area contributed by atoms with E-state index in [1.54, 1.807) is 0 Å². The van der Waals surface area contributed by atoms with Crippen molar-refractivity contribution in [3.05, 3.63) is 18.0 Å². The third-order valence-corrected chi connectivity index (χ3v) is 4.43. The topological polar surface area (TPSA) is 41.6 Å². The molecule has 2 saturated carbocycles. The molecule has 1 aromatic heterocycles. The number of aromatic nitrogens is 2. The predicted octanol–water partition coefficient (Wildman–Crippen LogP) is 2.76. The highest BCUT2D eigenvalue weighted by Crippen LogP contribution is 2.64. The molecule has 0 amide bonds. The van der Waals surface area contributed by atoms with Crippen molar-refractivity contribution in [3.8, 4) is 6.07 Å². The van der Waals surface area contributed by atoms with Gasteiger partial charge in [-0.2, -0.15) is 10.4 Å². The summed E-state index contributed by atoms with van der Waals surface area (Å²) in [6, 6.07) is 2.34. The molecule has 0 N–H and O–H groups in total. The van der Waals surface area contributed by atoms with E-state index in [0.29, 0.717) is 11.8 Å². The molecule has 2 aliphatic carbocycles. The van der Waals surface area contributed by atoms with Gasteiger partial charge in [0, 0.05) is 6.20 Å². The van der Waals surface area contributed by atoms with Gasteiger partial charge in [0.25, 0.3) is 0 Å². The number of hydrogen-bond acceptors (Lipinski definition) is 2. The van der Waals surface area contributed by atoms with Gasteiger partial charge in [-0.25, -0.2) is 0 Å². The molecule has 2 fully saturated rings. The van der Waals surface area contributed by atoms with Crippen LogP contribution in [0, 0.1) is 23.7 Å². The second-order valence-electron chi connectivity index (χ2n) is 5.73. The van der Waals surface area contributed by atoms with Crippen molar-refractivity contribution >= 4 is 0 Å². The zero-order valence-electron chi connectivity index (χ0n) is 9.74. The Morgan fingerprint density at radius 2 is 2.25 bits per heavy atom. The molecule has 0 atom stereocenters. The van der Waals surface area contributed by atoms with Crippen LogP contribution in [-0.2, 0) is 5.54 Å². The fourth-order valence-electron chi connectivity index (χ4n) is 3.56. The lowest BCUT2D eigenvalue weighted by molar-refractivity contribution is -0.0897. The first-order valence-corrected chi connectivity index (χ1v) is 6.07. The average molecular weight is 215 g/mol. The first-order chi connectivity index (χ1) is 7.68. The van der Waals surface area contributed by atoms with Crippen LogP contribution >= 0.6 is 0 Å². The van der Waals surface area contributed by atoms with Crippen LogP contribution in [0.4, 0.5) is 0 Å². The van der Waals surface area contributed by atoms with Crippen LogP contribution in [0.3, 0.4) is 0 Å². The highest BCUT2D eigenvalue weighted by Gasteiger charge is 2.58. The van der Waals surface area contributed by atoms with Crippen molar-refractivity contribution in [1.29, 1.82) is 5.26 Å². The maximum atomic E-state index is 9.00. The molecule has 0 saturated heterocycles. The van der Waals surface area contributed by atoms with Crippen molar-refractivity contribution in [2.75, 3.05) is 0 Å². The van der Waals surface area contributed by atoms with Crippen molar-refractivity contribution in [3.63, 3.8) is 0 Å². The van der Waals surface area contributed by atoms with E-state index in [-0.39, 0.29) is 5.54 Å². The van der Waals surface area contributed by atoms with E-state index in [9.17, 15) is 0 Å². The maximum Gasteiger partial charge on any atom is 0.0767 e. The van der Waals surface area contributed by atoms with E-state index >= 15 is 0 Å². The van der Waals surface area contributed by atoms with Gasteiger partial charge in [0.05, 0.1) is 24.2 Å². The normalized spacial score (nSPS) is 24.5. The lowest BCUT2D eigenvalue weighted by atomic mass is 9.48. The molecule has 0 aromatic carbocycles. The summed E-state index contributed by atoms with van der Waals surface area (Å²) in [5.74, 6) is 0. The van der Waals surface area contributed by atoms with Crippen molar-refractivity contribution < 1.29 is 0 Å². The van der Waals surface area contributed by atoms with Crippen molar-refractivity contribution in [2.45, 2.75) is 51.0 Å². The lowest BCUT2D eigenvalue weighted by Crippen LogP contribution is -2.56. The number of nitriles is 1. The van der Waals surface area contributed by atoms with E-state index in [1.807, 2.05) is 6.20 Å². The van der Waals surface area contributed by atoms with Crippen LogP contribution in [0.5, 0.6) is 0 Å². The molecule has 0 radical (unpaired) electrons. The Bertz CT molecular complexity index is 440. The second-order valence-corrected chi connectivity index (χ2v) is 5.73. The molecule has 3 heteroatoms. The van der Waals surface area contributed by atoms with Crippen LogP contribution in [0.2, 0.25) is 0 Å². The van der Waals surface area contributed by atoms with Gasteiger partial charge < -0.3 is 0 Å². The first-order valence-electron chi connectivity index (χ1n) is 6.07. The zero-order chi connectivity index (χ0) is 11.2. The van der Waals surface area contributed by atoms with Crippen molar-refractivity contribution in [2.24, 2.45) is 5.41 Å². The Morgan fingerprint density at radius 1 is 1.50 bits per heavy atom. The third-order valence-electron chi connectivity index (χ3n) is 4.43. The molecule has 0 unspecified atom stereocenters. The zero-order valence-corrected chi connectivity index (χ0v) is 9.74. The van der Waals surface area contributed by atoms with Crippen LogP contribution in [0.1, 0.15) is 44.1 Å². The number of rotatable bonds is 2. The molecule has 84 valence electrons. The number of aryl methyl sites for hydroxylation is 1. The van der Waals surface area contributed by atoms with Gasteiger partial charge in [-0.15, -0.1) is 0 Å². The molecular weight excluding hydrogens is 198 g/mol. The summed E-state index contributed by atoms with van der Waals surface area (Å²) in [5, 5.41) is 13.4. The van der Waals surface area contributed by atoms with E-state index in [0.717, 1.165) is 12.8 Å². The third kappa shape index (κ3) is 1.22. The standard InChI is InChI=1S/C13H17N3/c1-11-7-15-16(8-11)13(5-6-14)9-12(10-13)3-2-4-12/h7-8H,2-5,9-10H2,1H3. The molecule has 1 spiro atoms. The summed E-state index contributed by atoms with van der Waals surface area (Å²) in [7, 11) is 0. The summed E-state index contributed by atoms with van der Waals surface area (Å²) in [4.78, 5) is 0. The van der Waals surface area contributed by atoms with Gasteiger partial charge in [0.15, 0.2) is 0 Å². The molecule has 16 heavy (non-hydrogen) atoms. The maximum absolute atomic E-state index is 9.00. The minimum absolute atomic E-state index is 0.0173. The fraction of sp³-hybridized carbons (Fsp3) is 0.692. The molecule has 3 nitrogen and oxygen atoms in total. The quantitative estimate of drug-likeness (QED) is 0.761. The average Bonchev–Trinajstić information content (AvgIpc) is 2.55. The highest BCUT2D eigenvalue weighted by atomic mass is 15.3. The Labute approximate surface area is 96.1 Å². The van der Waals surface area contributed by atoms with Gasteiger partial charge in [-0.1, -0.05) is 6.42 Å². The van der Waals surface area contributed by atoms with Crippen LogP contribution in [-0.4, -0.2) is 9.78 Å². The Balaban J connectivity index is 1.85. The molecule has 3 rings (SSSR count). The molecule has 1 aromatic rings. The minimum atomic E-state index is 0.0173. The van der Waals surface area contributed by atoms with Gasteiger partial charge in [-0.3, -0.25) is 4.68 Å². The molecule has 2 aliphatic rings. The number of nitrogens with zero attached hydrogens (tertiary/aromatic N) is 3. The Hall–Kier alpha value is -1.30. The minimum Gasteiger partial charge on any atom is -0.265 e. The summed E-state index contributed by atoms with van der Waals surface area (Å²) < 4.78 is 2.05. The second kappa shape index (κ2) is 3.10. The van der Waals surface area contributed by atoms with E-state index in [2.05, 4.69) is 29.0 Å². The first kappa shape index (κ1) is 9.89. The highest BCUT2D eigenvalue weighted by molar-refractivity contribution is 5.14. The summed E-state index contributed by atoms with van der Waals surface area (Å²) in [6.07, 6.45) is 11.0. The molecule has 0 aliphatic heterocycles. The summed E-state index contributed by atoms with van der Waals surface area (Å²) in [6.45, 7) is 2.06. The lowest BCUT2D eigenvalue weighted by Gasteiger charge is -2.60. The monoisotopic (exact) mass is 215 g/mol. The molecule has 1 heterocycles. The molecule has 0 bridgehead atoms. The Morgan fingerprint density at radius 3 is 2.69 bits per heavy atom. The number of hydrogen-bond donors (Lipinski definition) is 0. The smallest absolute Gasteiger partial charge is 0.0767 e. The van der Waals surface area contributed by atoms with Gasteiger partial charge in [0.2, 0.25) is 0 Å². The fourth-order valence-corrected chi connectivity index (χ4v) is 3.56. The van der Waals surface area contributed by atoms with E-state index in [1.165, 1.54) is 24.8 Å². The van der Waals surface area contributed by atoms with Crippen molar-refractivity contribution in [1.82, 2.24) is 9.78 Å². The SMILES string of the molecule is Cc1cnn(C2(CC#N)CC3(CCC3)C2)c1. The van der Waals surface area contributed by atoms with E-state index in [4.69, 9.17) is 5.26 Å². The summed E-state index contributed by atoms with van der Waals surface area (Å²) in [5.41, 5.74) is 1.78. The van der Waals surface area contributed by atoms with Crippen LogP contribution in [0.25, 0.3) is 0 Å². The van der Waals surface area contributed by atoms with Gasteiger partial charge >= 0.3 is 0 Å². The van der Waals surface area contributed by atoms with Crippen LogP contribution < -0.4 is 0 Å². The molecular formula is C13H17N3. The van der Waals surface area contributed by atoms with Gasteiger partial charge in [-0.05, 0) is 43.6 Å². The van der Waals surface area contributed by atoms with Gasteiger partial charge in [0.1, 0.15) is 0 Å². The summed E-state index contributed by atoms with van der Waals surface area (Å²) >= 11 is 0.